The largest absolute Gasteiger partial charge is 0.492 e. The van der Waals surface area contributed by atoms with Crippen LogP contribution in [0.1, 0.15) is 25.3 Å². The summed E-state index contributed by atoms with van der Waals surface area (Å²) in [7, 11) is -3.95. The first-order chi connectivity index (χ1) is 15.1. The molecule has 2 aromatic rings. The van der Waals surface area contributed by atoms with Gasteiger partial charge < -0.3 is 10.1 Å². The molecule has 32 heavy (non-hydrogen) atoms. The van der Waals surface area contributed by atoms with Gasteiger partial charge in [0.25, 0.3) is 5.69 Å². The maximum atomic E-state index is 13.3. The molecule has 172 valence electrons. The van der Waals surface area contributed by atoms with Crippen molar-refractivity contribution in [2.24, 2.45) is 5.92 Å². The number of amides is 1. The Kier molecular flexibility index (Phi) is 7.37. The van der Waals surface area contributed by atoms with Crippen LogP contribution in [0.15, 0.2) is 41.3 Å². The van der Waals surface area contributed by atoms with Crippen molar-refractivity contribution in [3.05, 3.63) is 57.1 Å². The third-order valence-corrected chi connectivity index (χ3v) is 7.46. The lowest BCUT2D eigenvalue weighted by Crippen LogP contribution is -2.43. The molecule has 0 saturated carbocycles. The molecule has 2 aromatic carbocycles. The number of nitrogens with one attached hydrogen (secondary N) is 1. The Morgan fingerprint density at radius 3 is 2.78 bits per heavy atom. The average Bonchev–Trinajstić information content (AvgIpc) is 2.76. The van der Waals surface area contributed by atoms with Gasteiger partial charge in [0.1, 0.15) is 10.6 Å². The molecule has 1 aliphatic rings. The molecule has 1 heterocycles. The van der Waals surface area contributed by atoms with Crippen LogP contribution in [0.25, 0.3) is 0 Å². The fourth-order valence-electron chi connectivity index (χ4n) is 3.66. The first-order valence-corrected chi connectivity index (χ1v) is 11.9. The molecule has 1 amide bonds. The Morgan fingerprint density at radius 1 is 1.34 bits per heavy atom. The number of piperidine rings is 1. The van der Waals surface area contributed by atoms with Crippen molar-refractivity contribution in [1.82, 2.24) is 4.31 Å². The molecule has 0 aromatic heterocycles. The van der Waals surface area contributed by atoms with Gasteiger partial charge in [-0.3, -0.25) is 14.9 Å². The molecule has 0 spiro atoms. The number of nitro groups is 1. The number of ether oxygens (including phenoxy) is 1. The van der Waals surface area contributed by atoms with Crippen LogP contribution in [-0.4, -0.2) is 43.2 Å². The van der Waals surface area contributed by atoms with Gasteiger partial charge in [0.05, 0.1) is 28.7 Å². The third-order valence-electron chi connectivity index (χ3n) is 5.34. The number of carbonyl (C=O) groups is 1. The molecule has 0 radical (unpaired) electrons. The van der Waals surface area contributed by atoms with Crippen LogP contribution in [0.4, 0.5) is 11.4 Å². The van der Waals surface area contributed by atoms with Crippen molar-refractivity contribution in [1.29, 1.82) is 0 Å². The van der Waals surface area contributed by atoms with Crippen molar-refractivity contribution >= 4 is 38.9 Å². The van der Waals surface area contributed by atoms with Crippen LogP contribution in [0.3, 0.4) is 0 Å². The summed E-state index contributed by atoms with van der Waals surface area (Å²) in [6, 6.07) is 8.85. The summed E-state index contributed by atoms with van der Waals surface area (Å²) in [5, 5.41) is 14.1. The van der Waals surface area contributed by atoms with E-state index >= 15 is 0 Å². The quantitative estimate of drug-likeness (QED) is 0.471. The summed E-state index contributed by atoms with van der Waals surface area (Å²) in [5.74, 6) is -0.785. The van der Waals surface area contributed by atoms with Crippen molar-refractivity contribution in [2.75, 3.05) is 25.0 Å². The fourth-order valence-corrected chi connectivity index (χ4v) is 5.58. The van der Waals surface area contributed by atoms with Crippen LogP contribution in [0.5, 0.6) is 5.75 Å². The molecule has 0 unspecified atom stereocenters. The summed E-state index contributed by atoms with van der Waals surface area (Å²) in [6.07, 6.45) is 0.995. The van der Waals surface area contributed by atoms with E-state index in [2.05, 4.69) is 5.32 Å². The van der Waals surface area contributed by atoms with E-state index in [0.717, 1.165) is 0 Å². The molecular formula is C21H24ClN3O6S. The molecule has 1 saturated heterocycles. The van der Waals surface area contributed by atoms with Gasteiger partial charge >= 0.3 is 0 Å². The van der Waals surface area contributed by atoms with Gasteiger partial charge in [-0.25, -0.2) is 8.42 Å². The SMILES string of the molecule is CCOc1ccc(Cl)cc1S(=O)(=O)N1CCC[C@H](C(=O)Nc2cccc([N+](=O)[O-])c2C)C1. The van der Waals surface area contributed by atoms with E-state index in [4.69, 9.17) is 16.3 Å². The van der Waals surface area contributed by atoms with E-state index < -0.39 is 20.9 Å². The number of nitro benzene ring substituents is 1. The number of rotatable bonds is 7. The average molecular weight is 482 g/mol. The Hall–Kier alpha value is -2.69. The van der Waals surface area contributed by atoms with Crippen molar-refractivity contribution in [3.63, 3.8) is 0 Å². The second-order valence-electron chi connectivity index (χ2n) is 7.42. The van der Waals surface area contributed by atoms with Gasteiger partial charge in [0, 0.05) is 24.2 Å². The molecule has 1 N–H and O–H groups in total. The second kappa shape index (κ2) is 9.85. The Bertz CT molecular complexity index is 1140. The zero-order chi connectivity index (χ0) is 23.5. The van der Waals surface area contributed by atoms with Crippen LogP contribution in [0.2, 0.25) is 5.02 Å². The number of halogens is 1. The molecule has 9 nitrogen and oxygen atoms in total. The van der Waals surface area contributed by atoms with Gasteiger partial charge in [-0.1, -0.05) is 17.7 Å². The predicted molar refractivity (Wildman–Crippen MR) is 121 cm³/mol. The number of nitrogens with zero attached hydrogens (tertiary/aromatic N) is 2. The van der Waals surface area contributed by atoms with Gasteiger partial charge in [0.2, 0.25) is 15.9 Å². The zero-order valence-corrected chi connectivity index (χ0v) is 19.3. The van der Waals surface area contributed by atoms with Gasteiger partial charge in [0.15, 0.2) is 0 Å². The Balaban J connectivity index is 1.81. The Labute approximate surface area is 191 Å². The van der Waals surface area contributed by atoms with Crippen LogP contribution in [0, 0.1) is 23.0 Å². The van der Waals surface area contributed by atoms with Crippen LogP contribution < -0.4 is 10.1 Å². The molecule has 11 heteroatoms. The molecule has 1 aliphatic heterocycles. The van der Waals surface area contributed by atoms with E-state index in [1.54, 1.807) is 26.0 Å². The summed E-state index contributed by atoms with van der Waals surface area (Å²) >= 11 is 6.03. The van der Waals surface area contributed by atoms with Gasteiger partial charge in [-0.05, 0) is 51.0 Å². The van der Waals surface area contributed by atoms with Crippen molar-refractivity contribution < 1.29 is 22.9 Å². The van der Waals surface area contributed by atoms with Crippen LogP contribution in [-0.2, 0) is 14.8 Å². The maximum absolute atomic E-state index is 13.3. The zero-order valence-electron chi connectivity index (χ0n) is 17.7. The summed E-state index contributed by atoms with van der Waals surface area (Å²) < 4.78 is 33.4. The number of anilines is 1. The highest BCUT2D eigenvalue weighted by molar-refractivity contribution is 7.89. The fraction of sp³-hybridized carbons (Fsp3) is 0.381. The highest BCUT2D eigenvalue weighted by Crippen LogP contribution is 2.33. The van der Waals surface area contributed by atoms with Gasteiger partial charge in [-0.2, -0.15) is 4.31 Å². The lowest BCUT2D eigenvalue weighted by molar-refractivity contribution is -0.385. The summed E-state index contributed by atoms with van der Waals surface area (Å²) in [6.45, 7) is 3.85. The molecule has 0 bridgehead atoms. The van der Waals surface area contributed by atoms with E-state index in [-0.39, 0.29) is 47.0 Å². The lowest BCUT2D eigenvalue weighted by atomic mass is 9.98. The highest BCUT2D eigenvalue weighted by Gasteiger charge is 2.35. The first-order valence-electron chi connectivity index (χ1n) is 10.1. The lowest BCUT2D eigenvalue weighted by Gasteiger charge is -2.31. The third kappa shape index (κ3) is 5.03. The minimum absolute atomic E-state index is 0.0137. The number of carbonyl (C=O) groups excluding carboxylic acids is 1. The molecule has 1 atom stereocenters. The monoisotopic (exact) mass is 481 g/mol. The number of hydrogen-bond donors (Lipinski definition) is 1. The predicted octanol–water partition coefficient (Wildman–Crippen LogP) is 3.99. The number of sulfonamides is 1. The van der Waals surface area contributed by atoms with Crippen LogP contribution >= 0.6 is 11.6 Å². The van der Waals surface area contributed by atoms with Gasteiger partial charge in [-0.15, -0.1) is 0 Å². The van der Waals surface area contributed by atoms with Crippen molar-refractivity contribution in [3.8, 4) is 5.75 Å². The van der Waals surface area contributed by atoms with E-state index in [9.17, 15) is 23.3 Å². The topological polar surface area (TPSA) is 119 Å². The summed E-state index contributed by atoms with van der Waals surface area (Å²) in [5.41, 5.74) is 0.573. The smallest absolute Gasteiger partial charge is 0.274 e. The summed E-state index contributed by atoms with van der Waals surface area (Å²) in [4.78, 5) is 23.5. The first kappa shape index (κ1) is 24.0. The van der Waals surface area contributed by atoms with E-state index in [1.807, 2.05) is 0 Å². The number of hydrogen-bond acceptors (Lipinski definition) is 6. The molecule has 3 rings (SSSR count). The molecule has 1 fully saturated rings. The number of benzene rings is 2. The Morgan fingerprint density at radius 2 is 2.09 bits per heavy atom. The van der Waals surface area contributed by atoms with E-state index in [1.165, 1.54) is 28.6 Å². The highest BCUT2D eigenvalue weighted by atomic mass is 35.5. The molecular weight excluding hydrogens is 458 g/mol. The molecule has 0 aliphatic carbocycles. The second-order valence-corrected chi connectivity index (χ2v) is 9.77. The van der Waals surface area contributed by atoms with Crippen molar-refractivity contribution in [2.45, 2.75) is 31.6 Å². The maximum Gasteiger partial charge on any atom is 0.274 e. The van der Waals surface area contributed by atoms with E-state index in [0.29, 0.717) is 24.1 Å². The minimum atomic E-state index is -3.95. The minimum Gasteiger partial charge on any atom is -0.492 e. The normalized spacial score (nSPS) is 17.0. The standard InChI is InChI=1S/C21H24ClN3O6S/c1-3-31-19-10-9-16(22)12-20(19)32(29,30)24-11-5-6-15(13-24)21(26)23-17-7-4-8-18(14(17)2)25(27)28/h4,7-10,12,15H,3,5-6,11,13H2,1-2H3,(H,23,26)/t15-/m0/s1.